The first-order valence-electron chi connectivity index (χ1n) is 7.65. The van der Waals surface area contributed by atoms with E-state index in [1.54, 1.807) is 16.2 Å². The van der Waals surface area contributed by atoms with Crippen molar-refractivity contribution in [1.82, 2.24) is 15.1 Å². The van der Waals surface area contributed by atoms with Crippen molar-refractivity contribution >= 4 is 23.3 Å². The standard InChI is InChI=1S/C15H21N3O3S/c19-14(10-17-5-4-16-15(17)20)18(8-12-3-7-22-11-12)9-13-2-1-6-21-13/h3,7,11,13H,1-2,4-6,8-10H2,(H,16,20)/t13-/m0/s1. The summed E-state index contributed by atoms with van der Waals surface area (Å²) in [6.07, 6.45) is 2.17. The van der Waals surface area contributed by atoms with Crippen molar-refractivity contribution in [2.45, 2.75) is 25.5 Å². The topological polar surface area (TPSA) is 61.9 Å². The van der Waals surface area contributed by atoms with Crippen molar-refractivity contribution in [3.05, 3.63) is 22.4 Å². The van der Waals surface area contributed by atoms with Crippen molar-refractivity contribution in [2.24, 2.45) is 0 Å². The maximum absolute atomic E-state index is 12.6. The van der Waals surface area contributed by atoms with Gasteiger partial charge in [0.15, 0.2) is 0 Å². The second kappa shape index (κ2) is 7.11. The van der Waals surface area contributed by atoms with Crippen molar-refractivity contribution in [3.63, 3.8) is 0 Å². The molecule has 0 spiro atoms. The predicted molar refractivity (Wildman–Crippen MR) is 83.7 cm³/mol. The average Bonchev–Trinajstić information content (AvgIpc) is 3.23. The Morgan fingerprint density at radius 2 is 2.45 bits per heavy atom. The molecular formula is C15H21N3O3S. The first-order valence-corrected chi connectivity index (χ1v) is 8.60. The molecule has 0 aromatic carbocycles. The molecule has 0 bridgehead atoms. The molecule has 0 aliphatic carbocycles. The minimum absolute atomic E-state index is 0.0150. The van der Waals surface area contributed by atoms with E-state index < -0.39 is 0 Å². The minimum atomic E-state index is -0.152. The summed E-state index contributed by atoms with van der Waals surface area (Å²) in [5, 5.41) is 6.79. The van der Waals surface area contributed by atoms with Gasteiger partial charge in [0.05, 0.1) is 6.10 Å². The molecule has 0 saturated carbocycles. The maximum Gasteiger partial charge on any atom is 0.317 e. The lowest BCUT2D eigenvalue weighted by molar-refractivity contribution is -0.133. The van der Waals surface area contributed by atoms with E-state index in [2.05, 4.69) is 10.7 Å². The number of carbonyl (C=O) groups is 2. The molecule has 0 radical (unpaired) electrons. The van der Waals surface area contributed by atoms with Crippen LogP contribution in [0.2, 0.25) is 0 Å². The van der Waals surface area contributed by atoms with Crippen LogP contribution in [0.3, 0.4) is 0 Å². The molecular weight excluding hydrogens is 302 g/mol. The highest BCUT2D eigenvalue weighted by atomic mass is 32.1. The first kappa shape index (κ1) is 15.3. The van der Waals surface area contributed by atoms with Crippen LogP contribution in [-0.2, 0) is 16.1 Å². The molecule has 22 heavy (non-hydrogen) atoms. The number of rotatable bonds is 6. The van der Waals surface area contributed by atoms with E-state index >= 15 is 0 Å². The van der Waals surface area contributed by atoms with Crippen molar-refractivity contribution < 1.29 is 14.3 Å². The average molecular weight is 323 g/mol. The number of thiophene rings is 1. The molecule has 3 amide bonds. The molecule has 2 saturated heterocycles. The Morgan fingerprint density at radius 1 is 1.55 bits per heavy atom. The van der Waals surface area contributed by atoms with Crippen molar-refractivity contribution in [2.75, 3.05) is 32.8 Å². The van der Waals surface area contributed by atoms with Crippen LogP contribution < -0.4 is 5.32 Å². The summed E-state index contributed by atoms with van der Waals surface area (Å²) >= 11 is 1.63. The zero-order valence-electron chi connectivity index (χ0n) is 12.5. The normalized spacial score (nSPS) is 21.2. The van der Waals surface area contributed by atoms with E-state index in [0.717, 1.165) is 25.0 Å². The Bertz CT molecular complexity index is 514. The number of hydrogen-bond acceptors (Lipinski definition) is 4. The van der Waals surface area contributed by atoms with E-state index in [-0.39, 0.29) is 24.6 Å². The lowest BCUT2D eigenvalue weighted by atomic mass is 10.2. The largest absolute Gasteiger partial charge is 0.376 e. The molecule has 2 fully saturated rings. The summed E-state index contributed by atoms with van der Waals surface area (Å²) in [5.74, 6) is -0.0150. The molecule has 7 heteroatoms. The van der Waals surface area contributed by atoms with Gasteiger partial charge in [0.25, 0.3) is 0 Å². The summed E-state index contributed by atoms with van der Waals surface area (Å²) in [6.45, 7) is 3.31. The maximum atomic E-state index is 12.6. The van der Waals surface area contributed by atoms with Gasteiger partial charge in [-0.3, -0.25) is 4.79 Å². The summed E-state index contributed by atoms with van der Waals surface area (Å²) < 4.78 is 5.66. The van der Waals surface area contributed by atoms with Gasteiger partial charge in [-0.2, -0.15) is 11.3 Å². The molecule has 0 unspecified atom stereocenters. The predicted octanol–water partition coefficient (Wildman–Crippen LogP) is 1.28. The van der Waals surface area contributed by atoms with Crippen LogP contribution in [0.15, 0.2) is 16.8 Å². The van der Waals surface area contributed by atoms with E-state index in [4.69, 9.17) is 4.74 Å². The Labute approximate surface area is 134 Å². The quantitative estimate of drug-likeness (QED) is 0.858. The molecule has 6 nitrogen and oxygen atoms in total. The smallest absolute Gasteiger partial charge is 0.317 e. The number of urea groups is 1. The Hall–Kier alpha value is -1.60. The highest BCUT2D eigenvalue weighted by Crippen LogP contribution is 2.16. The number of amides is 3. The fraction of sp³-hybridized carbons (Fsp3) is 0.600. The van der Waals surface area contributed by atoms with Gasteiger partial charge in [-0.25, -0.2) is 4.79 Å². The lowest BCUT2D eigenvalue weighted by Crippen LogP contribution is -2.44. The van der Waals surface area contributed by atoms with Gasteiger partial charge >= 0.3 is 6.03 Å². The molecule has 120 valence electrons. The molecule has 1 atom stereocenters. The first-order chi connectivity index (χ1) is 10.7. The van der Waals surface area contributed by atoms with Crippen LogP contribution >= 0.6 is 11.3 Å². The van der Waals surface area contributed by atoms with Gasteiger partial charge < -0.3 is 19.9 Å². The van der Waals surface area contributed by atoms with Crippen molar-refractivity contribution in [3.8, 4) is 0 Å². The van der Waals surface area contributed by atoms with E-state index in [0.29, 0.717) is 26.2 Å². The van der Waals surface area contributed by atoms with E-state index in [1.807, 2.05) is 16.3 Å². The van der Waals surface area contributed by atoms with Gasteiger partial charge in [0.1, 0.15) is 6.54 Å². The molecule has 2 aliphatic rings. The second-order valence-electron chi connectivity index (χ2n) is 5.69. The highest BCUT2D eigenvalue weighted by Gasteiger charge is 2.27. The molecule has 1 aromatic heterocycles. The highest BCUT2D eigenvalue weighted by molar-refractivity contribution is 7.07. The van der Waals surface area contributed by atoms with Crippen LogP contribution in [0.5, 0.6) is 0 Å². The van der Waals surface area contributed by atoms with Crippen molar-refractivity contribution in [1.29, 1.82) is 0 Å². The zero-order valence-corrected chi connectivity index (χ0v) is 13.3. The molecule has 2 aliphatic heterocycles. The minimum Gasteiger partial charge on any atom is -0.376 e. The number of hydrogen-bond donors (Lipinski definition) is 1. The van der Waals surface area contributed by atoms with Gasteiger partial charge in [0.2, 0.25) is 5.91 Å². The summed E-state index contributed by atoms with van der Waals surface area (Å²) in [6, 6.07) is 1.88. The summed E-state index contributed by atoms with van der Waals surface area (Å²) in [5.41, 5.74) is 1.13. The monoisotopic (exact) mass is 323 g/mol. The van der Waals surface area contributed by atoms with Crippen LogP contribution in [0.25, 0.3) is 0 Å². The Balaban J connectivity index is 1.63. The van der Waals surface area contributed by atoms with E-state index in [9.17, 15) is 9.59 Å². The van der Waals surface area contributed by atoms with E-state index in [1.165, 1.54) is 0 Å². The van der Waals surface area contributed by atoms with Crippen LogP contribution in [-0.4, -0.2) is 60.6 Å². The van der Waals surface area contributed by atoms with Crippen LogP contribution in [0, 0.1) is 0 Å². The number of ether oxygens (including phenoxy) is 1. The molecule has 1 aromatic rings. The third kappa shape index (κ3) is 3.78. The van der Waals surface area contributed by atoms with Gasteiger partial charge in [-0.05, 0) is 35.2 Å². The summed E-state index contributed by atoms with van der Waals surface area (Å²) in [4.78, 5) is 27.6. The SMILES string of the molecule is O=C(CN1CCNC1=O)N(Cc1ccsc1)C[C@@H]1CCCO1. The third-order valence-corrected chi connectivity index (χ3v) is 4.76. The fourth-order valence-corrected chi connectivity index (χ4v) is 3.48. The Kier molecular flexibility index (Phi) is 4.94. The van der Waals surface area contributed by atoms with Gasteiger partial charge in [-0.15, -0.1) is 0 Å². The number of nitrogens with zero attached hydrogens (tertiary/aromatic N) is 2. The fourth-order valence-electron chi connectivity index (χ4n) is 2.82. The van der Waals surface area contributed by atoms with Gasteiger partial charge in [0, 0.05) is 32.8 Å². The number of nitrogens with one attached hydrogen (secondary N) is 1. The molecule has 3 heterocycles. The van der Waals surface area contributed by atoms with Gasteiger partial charge in [-0.1, -0.05) is 0 Å². The third-order valence-electron chi connectivity index (χ3n) is 4.03. The van der Waals surface area contributed by atoms with Crippen LogP contribution in [0.4, 0.5) is 4.79 Å². The lowest BCUT2D eigenvalue weighted by Gasteiger charge is -2.27. The number of carbonyl (C=O) groups excluding carboxylic acids is 2. The summed E-state index contributed by atoms with van der Waals surface area (Å²) in [7, 11) is 0. The van der Waals surface area contributed by atoms with Crippen LogP contribution in [0.1, 0.15) is 18.4 Å². The second-order valence-corrected chi connectivity index (χ2v) is 6.47. The molecule has 1 N–H and O–H groups in total. The molecule has 3 rings (SSSR count). The Morgan fingerprint density at radius 3 is 3.09 bits per heavy atom. The zero-order chi connectivity index (χ0) is 15.4.